The minimum absolute atomic E-state index is 0.0231. The molecule has 7 heteroatoms. The first-order valence-corrected chi connectivity index (χ1v) is 11.2. The maximum Gasteiger partial charge on any atom is 0.157 e. The molecule has 5 fully saturated rings. The van der Waals surface area contributed by atoms with E-state index in [1.54, 1.807) is 0 Å². The second-order valence-corrected chi connectivity index (χ2v) is 8.46. The molecule has 5 aliphatic rings. The number of hydrogen-bond acceptors (Lipinski definition) is 5. The Kier molecular flexibility index (Phi) is 10.7. The van der Waals surface area contributed by atoms with Gasteiger partial charge in [-0.25, -0.2) is 0 Å². The maximum absolute atomic E-state index is 5.31. The third-order valence-electron chi connectivity index (χ3n) is 4.14. The lowest BCUT2D eigenvalue weighted by Gasteiger charge is -1.89. The third-order valence-corrected chi connectivity index (χ3v) is 5.55. The first kappa shape index (κ1) is 24.1. The first-order valence-electron chi connectivity index (χ1n) is 9.89. The van der Waals surface area contributed by atoms with Gasteiger partial charge in [-0.1, -0.05) is 64.8 Å². The van der Waals surface area contributed by atoms with Gasteiger partial charge in [-0.3, -0.25) is 0 Å². The minimum atomic E-state index is 0.0231. The second kappa shape index (κ2) is 12.5. The zero-order valence-corrected chi connectivity index (χ0v) is 19.4. The molecule has 0 spiro atoms. The van der Waals surface area contributed by atoms with Crippen LogP contribution in [0.1, 0.15) is 45.8 Å². The summed E-state index contributed by atoms with van der Waals surface area (Å²) in [5.41, 5.74) is 1.33. The molecular formula is C21H32BrClO5. The van der Waals surface area contributed by atoms with Crippen molar-refractivity contribution >= 4 is 27.5 Å². The van der Waals surface area contributed by atoms with Gasteiger partial charge in [-0.2, -0.15) is 0 Å². The molecule has 0 aliphatic carbocycles. The SMILES string of the molecule is CC1CO1.CC1OC1Br.CC1OC1Cl.CCC1CO1.c1ccc(C2CO2)cc1. The Balaban J connectivity index is 0.000000130. The van der Waals surface area contributed by atoms with Gasteiger partial charge in [0.2, 0.25) is 0 Å². The molecule has 5 aliphatic heterocycles. The van der Waals surface area contributed by atoms with Crippen molar-refractivity contribution in [3.8, 4) is 0 Å². The van der Waals surface area contributed by atoms with E-state index < -0.39 is 0 Å². The number of alkyl halides is 2. The maximum atomic E-state index is 5.31. The summed E-state index contributed by atoms with van der Waals surface area (Å²) in [4.78, 5) is 0. The molecule has 160 valence electrons. The van der Waals surface area contributed by atoms with E-state index in [1.807, 2.05) is 32.0 Å². The van der Waals surface area contributed by atoms with E-state index in [0.29, 0.717) is 35.5 Å². The molecule has 6 rings (SSSR count). The summed E-state index contributed by atoms with van der Waals surface area (Å²) in [6.07, 6.45) is 3.60. The Morgan fingerprint density at radius 1 is 0.929 bits per heavy atom. The highest BCUT2D eigenvalue weighted by atomic mass is 79.9. The van der Waals surface area contributed by atoms with Gasteiger partial charge in [0.15, 0.2) is 5.56 Å². The van der Waals surface area contributed by atoms with Gasteiger partial charge in [0, 0.05) is 0 Å². The van der Waals surface area contributed by atoms with Crippen LogP contribution in [-0.2, 0) is 23.7 Å². The van der Waals surface area contributed by atoms with Gasteiger partial charge < -0.3 is 23.7 Å². The van der Waals surface area contributed by atoms with E-state index >= 15 is 0 Å². The van der Waals surface area contributed by atoms with Gasteiger partial charge in [0.25, 0.3) is 0 Å². The number of rotatable bonds is 2. The molecule has 0 N–H and O–H groups in total. The van der Waals surface area contributed by atoms with Crippen LogP contribution in [0.5, 0.6) is 0 Å². The highest BCUT2D eigenvalue weighted by molar-refractivity contribution is 9.09. The smallest absolute Gasteiger partial charge is 0.157 e. The van der Waals surface area contributed by atoms with Gasteiger partial charge in [0.05, 0.1) is 44.2 Å². The van der Waals surface area contributed by atoms with E-state index in [4.69, 9.17) is 30.5 Å². The van der Waals surface area contributed by atoms with Crippen LogP contribution in [0.4, 0.5) is 0 Å². The largest absolute Gasteiger partial charge is 0.373 e. The van der Waals surface area contributed by atoms with Crippen molar-refractivity contribution in [2.45, 2.75) is 75.2 Å². The number of halogens is 2. The summed E-state index contributed by atoms with van der Waals surface area (Å²) in [6, 6.07) is 10.3. The molecule has 7 atom stereocenters. The zero-order chi connectivity index (χ0) is 20.5. The number of epoxide rings is 5. The van der Waals surface area contributed by atoms with Crippen LogP contribution in [0.2, 0.25) is 0 Å². The van der Waals surface area contributed by atoms with Crippen LogP contribution in [0.25, 0.3) is 0 Å². The summed E-state index contributed by atoms with van der Waals surface area (Å²) in [6.45, 7) is 11.1. The van der Waals surface area contributed by atoms with Crippen molar-refractivity contribution in [1.82, 2.24) is 0 Å². The molecule has 0 saturated carbocycles. The van der Waals surface area contributed by atoms with Gasteiger partial charge >= 0.3 is 0 Å². The molecule has 7 unspecified atom stereocenters. The second-order valence-electron chi connectivity index (χ2n) is 7.12. The molecule has 5 nitrogen and oxygen atoms in total. The lowest BCUT2D eigenvalue weighted by molar-refractivity contribution is 0.403. The summed E-state index contributed by atoms with van der Waals surface area (Å²) in [7, 11) is 0. The van der Waals surface area contributed by atoms with Gasteiger partial charge in [0.1, 0.15) is 11.1 Å². The lowest BCUT2D eigenvalue weighted by Crippen LogP contribution is -1.75. The fraction of sp³-hybridized carbons (Fsp3) is 0.714. The molecular weight excluding hydrogens is 448 g/mol. The number of ether oxygens (including phenoxy) is 5. The Morgan fingerprint density at radius 2 is 1.36 bits per heavy atom. The highest BCUT2D eigenvalue weighted by Gasteiger charge is 2.31. The monoisotopic (exact) mass is 478 g/mol. The molecule has 5 saturated heterocycles. The predicted octanol–water partition coefficient (Wildman–Crippen LogP) is 5.05. The van der Waals surface area contributed by atoms with Gasteiger partial charge in [-0.05, 0) is 32.8 Å². The summed E-state index contributed by atoms with van der Waals surface area (Å²) in [5.74, 6) is 0. The van der Waals surface area contributed by atoms with E-state index in [1.165, 1.54) is 12.0 Å². The highest BCUT2D eigenvalue weighted by Crippen LogP contribution is 2.28. The standard InChI is InChI=1S/C8H8O.C4H8O.C3H5BrO.C3H5ClO.C3H6O/c1-2-4-7(5-3-1)8-6-9-8;1-2-4-3-5-4;2*1-2-3(4)5-2;1-3-2-4-3/h1-5,8H,6H2;4H,2-3H2,1H3;2*2-3H,1H3;3H,2H2,1H3. The summed E-state index contributed by atoms with van der Waals surface area (Å²) in [5, 5.41) is 0.363. The van der Waals surface area contributed by atoms with E-state index in [0.717, 1.165) is 19.8 Å². The zero-order valence-electron chi connectivity index (χ0n) is 17.1. The predicted molar refractivity (Wildman–Crippen MR) is 114 cm³/mol. The minimum Gasteiger partial charge on any atom is -0.373 e. The van der Waals surface area contributed by atoms with Crippen LogP contribution in [0.15, 0.2) is 30.3 Å². The van der Waals surface area contributed by atoms with Crippen LogP contribution in [-0.4, -0.2) is 54.8 Å². The fourth-order valence-electron chi connectivity index (χ4n) is 1.63. The quantitative estimate of drug-likeness (QED) is 0.438. The molecule has 0 aromatic heterocycles. The summed E-state index contributed by atoms with van der Waals surface area (Å²) >= 11 is 8.54. The van der Waals surface area contributed by atoms with Crippen molar-refractivity contribution in [2.75, 3.05) is 19.8 Å². The Morgan fingerprint density at radius 3 is 1.54 bits per heavy atom. The van der Waals surface area contributed by atoms with Crippen molar-refractivity contribution in [2.24, 2.45) is 0 Å². The average molecular weight is 480 g/mol. The van der Waals surface area contributed by atoms with Crippen LogP contribution in [0, 0.1) is 0 Å². The molecule has 5 heterocycles. The molecule has 0 amide bonds. The Hall–Kier alpha value is -0.210. The number of hydrogen-bond donors (Lipinski definition) is 0. The average Bonchev–Trinajstić information content (AvgIpc) is 3.52. The molecule has 0 bridgehead atoms. The van der Waals surface area contributed by atoms with Crippen molar-refractivity contribution < 1.29 is 23.7 Å². The molecule has 1 aromatic carbocycles. The van der Waals surface area contributed by atoms with Crippen molar-refractivity contribution in [3.63, 3.8) is 0 Å². The molecule has 1 aromatic rings. The van der Waals surface area contributed by atoms with E-state index in [9.17, 15) is 0 Å². The molecule has 0 radical (unpaired) electrons. The van der Waals surface area contributed by atoms with E-state index in [-0.39, 0.29) is 5.56 Å². The van der Waals surface area contributed by atoms with Crippen LogP contribution < -0.4 is 0 Å². The Bertz CT molecular complexity index is 511. The van der Waals surface area contributed by atoms with Crippen LogP contribution in [0.3, 0.4) is 0 Å². The first-order chi connectivity index (χ1) is 13.4. The van der Waals surface area contributed by atoms with Crippen LogP contribution >= 0.6 is 27.5 Å². The third kappa shape index (κ3) is 13.1. The topological polar surface area (TPSA) is 62.6 Å². The summed E-state index contributed by atoms with van der Waals surface area (Å²) < 4.78 is 24.2. The van der Waals surface area contributed by atoms with Gasteiger partial charge in [-0.15, -0.1) is 0 Å². The Labute approximate surface area is 182 Å². The number of benzene rings is 1. The van der Waals surface area contributed by atoms with Crippen molar-refractivity contribution in [1.29, 1.82) is 0 Å². The lowest BCUT2D eigenvalue weighted by atomic mass is 10.2. The normalized spacial score (nSPS) is 37.0. The molecule has 28 heavy (non-hydrogen) atoms. The van der Waals surface area contributed by atoms with E-state index in [2.05, 4.69) is 46.6 Å². The van der Waals surface area contributed by atoms with Crippen molar-refractivity contribution in [3.05, 3.63) is 35.9 Å². The fourth-order valence-corrected chi connectivity index (χ4v) is 2.13.